The van der Waals surface area contributed by atoms with Gasteiger partial charge in [0, 0.05) is 37.7 Å². The third-order valence-corrected chi connectivity index (χ3v) is 4.18. The molecule has 0 radical (unpaired) electrons. The number of benzene rings is 1. The molecule has 1 fully saturated rings. The predicted molar refractivity (Wildman–Crippen MR) is 103 cm³/mol. The van der Waals surface area contributed by atoms with Gasteiger partial charge in [-0.3, -0.25) is 9.88 Å². The smallest absolute Gasteiger partial charge is 0.324 e. The van der Waals surface area contributed by atoms with E-state index in [9.17, 15) is 9.59 Å². The van der Waals surface area contributed by atoms with E-state index in [4.69, 9.17) is 4.74 Å². The second kappa shape index (κ2) is 8.39. The number of hydrogen-bond acceptors (Lipinski definition) is 4. The van der Waals surface area contributed by atoms with Gasteiger partial charge < -0.3 is 20.3 Å². The molecule has 1 unspecified atom stereocenters. The lowest BCUT2D eigenvalue weighted by molar-refractivity contribution is 0.211. The molecule has 2 heterocycles. The summed E-state index contributed by atoms with van der Waals surface area (Å²) in [6.07, 6.45) is 3.11. The van der Waals surface area contributed by atoms with E-state index in [1.165, 1.54) is 0 Å². The van der Waals surface area contributed by atoms with E-state index in [0.717, 1.165) is 5.69 Å². The average molecular weight is 369 g/mol. The molecule has 3 rings (SSSR count). The summed E-state index contributed by atoms with van der Waals surface area (Å²) in [4.78, 5) is 31.4. The molecule has 2 N–H and O–H groups in total. The highest BCUT2D eigenvalue weighted by atomic mass is 16.5. The van der Waals surface area contributed by atoms with Crippen molar-refractivity contribution in [2.75, 3.05) is 36.9 Å². The molecule has 1 aromatic carbocycles. The van der Waals surface area contributed by atoms with Gasteiger partial charge in [-0.05, 0) is 43.3 Å². The lowest BCUT2D eigenvalue weighted by atomic mass is 10.2. The van der Waals surface area contributed by atoms with Gasteiger partial charge in [0.05, 0.1) is 12.7 Å². The first-order chi connectivity index (χ1) is 13.0. The minimum absolute atomic E-state index is 0.0175. The van der Waals surface area contributed by atoms with Gasteiger partial charge in [0.2, 0.25) is 0 Å². The molecular weight excluding hydrogens is 346 g/mol. The van der Waals surface area contributed by atoms with Crippen LogP contribution in [0.2, 0.25) is 0 Å². The molecule has 1 saturated heterocycles. The van der Waals surface area contributed by atoms with E-state index in [-0.39, 0.29) is 18.2 Å². The number of aromatic nitrogens is 1. The zero-order valence-corrected chi connectivity index (χ0v) is 15.4. The predicted octanol–water partition coefficient (Wildman–Crippen LogP) is 2.54. The first kappa shape index (κ1) is 18.5. The Kier molecular flexibility index (Phi) is 5.75. The van der Waals surface area contributed by atoms with Crippen molar-refractivity contribution >= 4 is 23.4 Å². The monoisotopic (exact) mass is 369 g/mol. The number of urea groups is 2. The zero-order valence-electron chi connectivity index (χ0n) is 15.4. The van der Waals surface area contributed by atoms with Crippen molar-refractivity contribution in [1.82, 2.24) is 15.2 Å². The van der Waals surface area contributed by atoms with Gasteiger partial charge in [0.1, 0.15) is 11.9 Å². The SMILES string of the molecule is CC(CNC(=O)Nc1ccc(N2CCN(C)C2=O)cc1)Oc1cccnc1. The largest absolute Gasteiger partial charge is 0.487 e. The standard InChI is InChI=1S/C19H23N5O3/c1-14(27-17-4-3-9-20-13-17)12-21-18(25)22-15-5-7-16(8-6-15)24-11-10-23(2)19(24)26/h3-9,13-14H,10-12H2,1-2H3,(H2,21,22,25). The van der Waals surface area contributed by atoms with E-state index in [1.807, 2.05) is 25.1 Å². The van der Waals surface area contributed by atoms with Crippen LogP contribution in [-0.2, 0) is 0 Å². The lowest BCUT2D eigenvalue weighted by Gasteiger charge is -2.17. The molecule has 142 valence electrons. The number of amides is 4. The first-order valence-corrected chi connectivity index (χ1v) is 8.77. The maximum Gasteiger partial charge on any atom is 0.324 e. The van der Waals surface area contributed by atoms with Crippen LogP contribution in [0.15, 0.2) is 48.8 Å². The minimum atomic E-state index is -0.318. The fourth-order valence-corrected chi connectivity index (χ4v) is 2.71. The Morgan fingerprint density at radius 3 is 2.67 bits per heavy atom. The Bertz CT molecular complexity index is 782. The fourth-order valence-electron chi connectivity index (χ4n) is 2.71. The number of carbonyl (C=O) groups excluding carboxylic acids is 2. The summed E-state index contributed by atoms with van der Waals surface area (Å²) in [5.74, 6) is 0.657. The summed E-state index contributed by atoms with van der Waals surface area (Å²) >= 11 is 0. The van der Waals surface area contributed by atoms with Crippen LogP contribution in [0.5, 0.6) is 5.75 Å². The highest BCUT2D eigenvalue weighted by Gasteiger charge is 2.26. The Labute approximate surface area is 158 Å². The van der Waals surface area contributed by atoms with Gasteiger partial charge >= 0.3 is 12.1 Å². The molecule has 0 saturated carbocycles. The number of nitrogens with one attached hydrogen (secondary N) is 2. The first-order valence-electron chi connectivity index (χ1n) is 8.77. The number of likely N-dealkylation sites (N-methyl/N-ethyl adjacent to an activating group) is 1. The van der Waals surface area contributed by atoms with Crippen molar-refractivity contribution in [3.8, 4) is 5.75 Å². The minimum Gasteiger partial charge on any atom is -0.487 e. The molecule has 27 heavy (non-hydrogen) atoms. The maximum absolute atomic E-state index is 12.0. The second-order valence-electron chi connectivity index (χ2n) is 6.35. The van der Waals surface area contributed by atoms with Crippen molar-refractivity contribution in [3.63, 3.8) is 0 Å². The lowest BCUT2D eigenvalue weighted by Crippen LogP contribution is -2.36. The van der Waals surface area contributed by atoms with Crippen LogP contribution < -0.4 is 20.3 Å². The topological polar surface area (TPSA) is 86.8 Å². The third kappa shape index (κ3) is 4.87. The summed E-state index contributed by atoms with van der Waals surface area (Å²) in [5, 5.41) is 5.53. The van der Waals surface area contributed by atoms with Gasteiger partial charge in [-0.2, -0.15) is 0 Å². The summed E-state index contributed by atoms with van der Waals surface area (Å²) < 4.78 is 5.66. The van der Waals surface area contributed by atoms with Crippen LogP contribution >= 0.6 is 0 Å². The molecule has 1 atom stereocenters. The number of ether oxygens (including phenoxy) is 1. The molecule has 0 bridgehead atoms. The second-order valence-corrected chi connectivity index (χ2v) is 6.35. The van der Waals surface area contributed by atoms with Crippen LogP contribution in [0.3, 0.4) is 0 Å². The molecule has 1 aromatic heterocycles. The number of pyridine rings is 1. The highest BCUT2D eigenvalue weighted by Crippen LogP contribution is 2.21. The van der Waals surface area contributed by atoms with E-state index in [0.29, 0.717) is 31.1 Å². The van der Waals surface area contributed by atoms with Crippen molar-refractivity contribution in [3.05, 3.63) is 48.8 Å². The molecule has 0 spiro atoms. The van der Waals surface area contributed by atoms with E-state index < -0.39 is 0 Å². The molecule has 1 aliphatic rings. The summed E-state index contributed by atoms with van der Waals surface area (Å²) in [7, 11) is 1.78. The third-order valence-electron chi connectivity index (χ3n) is 4.18. The van der Waals surface area contributed by atoms with Crippen LogP contribution in [0.4, 0.5) is 21.0 Å². The van der Waals surface area contributed by atoms with Gasteiger partial charge in [0.15, 0.2) is 0 Å². The molecule has 4 amide bonds. The van der Waals surface area contributed by atoms with Crippen LogP contribution in [0, 0.1) is 0 Å². The van der Waals surface area contributed by atoms with Crippen LogP contribution in [-0.4, -0.2) is 54.7 Å². The number of nitrogens with zero attached hydrogens (tertiary/aromatic N) is 3. The summed E-state index contributed by atoms with van der Waals surface area (Å²) in [5.41, 5.74) is 1.46. The average Bonchev–Trinajstić information content (AvgIpc) is 3.00. The number of hydrogen-bond donors (Lipinski definition) is 2. The van der Waals surface area contributed by atoms with E-state index >= 15 is 0 Å². The van der Waals surface area contributed by atoms with Crippen molar-refractivity contribution in [1.29, 1.82) is 0 Å². The van der Waals surface area contributed by atoms with Gasteiger partial charge in [-0.15, -0.1) is 0 Å². The van der Waals surface area contributed by atoms with Crippen molar-refractivity contribution in [2.45, 2.75) is 13.0 Å². The maximum atomic E-state index is 12.0. The summed E-state index contributed by atoms with van der Waals surface area (Å²) in [6, 6.07) is 10.5. The van der Waals surface area contributed by atoms with E-state index in [1.54, 1.807) is 47.4 Å². The van der Waals surface area contributed by atoms with E-state index in [2.05, 4.69) is 15.6 Å². The normalized spacial score (nSPS) is 14.8. The molecule has 8 nitrogen and oxygen atoms in total. The highest BCUT2D eigenvalue weighted by molar-refractivity contribution is 5.94. The zero-order chi connectivity index (χ0) is 19.2. The molecule has 0 aliphatic carbocycles. The van der Waals surface area contributed by atoms with Crippen LogP contribution in [0.1, 0.15) is 6.92 Å². The fraction of sp³-hybridized carbons (Fsp3) is 0.316. The Morgan fingerprint density at radius 2 is 2.04 bits per heavy atom. The summed E-state index contributed by atoms with van der Waals surface area (Å²) in [6.45, 7) is 3.59. The van der Waals surface area contributed by atoms with Crippen molar-refractivity contribution in [2.24, 2.45) is 0 Å². The molecule has 8 heteroatoms. The van der Waals surface area contributed by atoms with Gasteiger partial charge in [0.25, 0.3) is 0 Å². The van der Waals surface area contributed by atoms with Gasteiger partial charge in [-0.1, -0.05) is 0 Å². The van der Waals surface area contributed by atoms with Crippen molar-refractivity contribution < 1.29 is 14.3 Å². The molecular formula is C19H23N5O3. The number of carbonyl (C=O) groups is 2. The Balaban J connectivity index is 1.46. The number of rotatable bonds is 6. The van der Waals surface area contributed by atoms with Gasteiger partial charge in [-0.25, -0.2) is 9.59 Å². The Morgan fingerprint density at radius 1 is 1.26 bits per heavy atom. The van der Waals surface area contributed by atoms with Crippen LogP contribution in [0.25, 0.3) is 0 Å². The molecule has 2 aromatic rings. The quantitative estimate of drug-likeness (QED) is 0.819. The Hall–Kier alpha value is -3.29. The number of anilines is 2. The molecule has 1 aliphatic heterocycles.